The number of nitrogens with zero attached hydrogens (tertiary/aromatic N) is 2. The Hall–Kier alpha value is -2.11. The third kappa shape index (κ3) is 4.88. The van der Waals surface area contributed by atoms with Gasteiger partial charge in [-0.25, -0.2) is 4.39 Å². The smallest absolute Gasteiger partial charge is 0.229 e. The minimum atomic E-state index is -0.264. The summed E-state index contributed by atoms with van der Waals surface area (Å²) in [6.07, 6.45) is 4.70. The van der Waals surface area contributed by atoms with Gasteiger partial charge in [-0.1, -0.05) is 23.7 Å². The van der Waals surface area contributed by atoms with E-state index < -0.39 is 0 Å². The van der Waals surface area contributed by atoms with Gasteiger partial charge in [-0.05, 0) is 81.0 Å². The molecular weight excluding hydrogens is 413 g/mol. The van der Waals surface area contributed by atoms with E-state index in [1.165, 1.54) is 11.6 Å². The van der Waals surface area contributed by atoms with Crippen LogP contribution < -0.4 is 15.1 Å². The highest BCUT2D eigenvalue weighted by molar-refractivity contribution is 6.30. The fraction of sp³-hybridized carbons (Fsp3) is 0.480. The maximum atomic E-state index is 14.9. The van der Waals surface area contributed by atoms with E-state index >= 15 is 0 Å². The Balaban J connectivity index is 1.37. The third-order valence-electron chi connectivity index (χ3n) is 7.00. The molecule has 2 aliphatic rings. The largest absolute Gasteiger partial charge is 0.368 e. The molecule has 4 rings (SSSR count). The van der Waals surface area contributed by atoms with Gasteiger partial charge in [-0.2, -0.15) is 0 Å². The van der Waals surface area contributed by atoms with E-state index in [9.17, 15) is 9.18 Å². The van der Waals surface area contributed by atoms with Crippen molar-refractivity contribution in [3.05, 3.63) is 58.9 Å². The van der Waals surface area contributed by atoms with Crippen molar-refractivity contribution < 1.29 is 9.18 Å². The number of rotatable bonds is 5. The number of carbonyl (C=O) groups is 1. The van der Waals surface area contributed by atoms with Crippen molar-refractivity contribution in [3.8, 4) is 0 Å². The number of carbonyl (C=O) groups excluding carboxylic acids is 1. The number of nitrogens with one attached hydrogen (secondary N) is 1. The van der Waals surface area contributed by atoms with E-state index in [2.05, 4.69) is 22.3 Å². The molecule has 166 valence electrons. The first kappa shape index (κ1) is 22.1. The molecule has 1 atom stereocenters. The van der Waals surface area contributed by atoms with Gasteiger partial charge in [0.05, 0.1) is 5.69 Å². The molecule has 2 aromatic rings. The van der Waals surface area contributed by atoms with Crippen molar-refractivity contribution in [2.75, 3.05) is 37.0 Å². The molecular formula is C25H31ClFN3O. The summed E-state index contributed by atoms with van der Waals surface area (Å²) in [5.74, 6) is 0.287. The van der Waals surface area contributed by atoms with Crippen molar-refractivity contribution in [2.24, 2.45) is 5.92 Å². The van der Waals surface area contributed by atoms with Crippen molar-refractivity contribution in [1.82, 2.24) is 5.32 Å². The molecule has 1 aliphatic carbocycles. The van der Waals surface area contributed by atoms with E-state index in [-0.39, 0.29) is 17.6 Å². The first-order chi connectivity index (χ1) is 15.0. The van der Waals surface area contributed by atoms with Gasteiger partial charge in [-0.15, -0.1) is 0 Å². The Morgan fingerprint density at radius 3 is 2.42 bits per heavy atom. The summed E-state index contributed by atoms with van der Waals surface area (Å²) in [6.45, 7) is 1.64. The quantitative estimate of drug-likeness (QED) is 0.688. The average molecular weight is 444 g/mol. The molecule has 0 spiro atoms. The van der Waals surface area contributed by atoms with Crippen LogP contribution in [-0.2, 0) is 4.79 Å². The molecule has 1 heterocycles. The van der Waals surface area contributed by atoms with Crippen LogP contribution in [-0.4, -0.2) is 39.1 Å². The molecule has 2 fully saturated rings. The van der Waals surface area contributed by atoms with E-state index in [0.717, 1.165) is 50.2 Å². The van der Waals surface area contributed by atoms with E-state index in [4.69, 9.17) is 11.6 Å². The number of anilines is 2. The molecule has 4 nitrogen and oxygen atoms in total. The van der Waals surface area contributed by atoms with Crippen molar-refractivity contribution in [3.63, 3.8) is 0 Å². The van der Waals surface area contributed by atoms with Crippen LogP contribution in [0, 0.1) is 11.7 Å². The summed E-state index contributed by atoms with van der Waals surface area (Å²) in [5, 5.41) is 4.01. The third-order valence-corrected chi connectivity index (χ3v) is 7.26. The molecule has 0 radical (unpaired) electrons. The fourth-order valence-corrected chi connectivity index (χ4v) is 5.11. The Kier molecular flexibility index (Phi) is 6.83. The molecule has 1 unspecified atom stereocenters. The monoisotopic (exact) mass is 443 g/mol. The van der Waals surface area contributed by atoms with Crippen LogP contribution >= 0.6 is 11.6 Å². The van der Waals surface area contributed by atoms with Gasteiger partial charge >= 0.3 is 0 Å². The average Bonchev–Trinajstić information content (AvgIpc) is 3.28. The van der Waals surface area contributed by atoms with Crippen LogP contribution in [0.3, 0.4) is 0 Å². The SMILES string of the molecule is CNC1CCN(c2ccc(N(C)C(=O)C3CCC(c4ccc(Cl)cc4)CC3)cc2F)C1. The number of hydrogen-bond donors (Lipinski definition) is 1. The van der Waals surface area contributed by atoms with Crippen LogP contribution in [0.1, 0.15) is 43.6 Å². The second-order valence-electron chi connectivity index (χ2n) is 8.85. The second-order valence-corrected chi connectivity index (χ2v) is 9.29. The van der Waals surface area contributed by atoms with E-state index in [0.29, 0.717) is 23.3 Å². The molecule has 1 saturated heterocycles. The minimum absolute atomic E-state index is 0.00810. The molecule has 1 amide bonds. The van der Waals surface area contributed by atoms with Gasteiger partial charge in [0.25, 0.3) is 0 Å². The van der Waals surface area contributed by atoms with Gasteiger partial charge in [-0.3, -0.25) is 4.79 Å². The molecule has 0 aromatic heterocycles. The summed E-state index contributed by atoms with van der Waals surface area (Å²) in [5.41, 5.74) is 2.53. The number of benzene rings is 2. The van der Waals surface area contributed by atoms with Gasteiger partial charge in [0.15, 0.2) is 0 Å². The van der Waals surface area contributed by atoms with Crippen LogP contribution in [0.5, 0.6) is 0 Å². The van der Waals surface area contributed by atoms with E-state index in [1.807, 2.05) is 31.3 Å². The second kappa shape index (κ2) is 9.58. The van der Waals surface area contributed by atoms with Crippen molar-refractivity contribution in [2.45, 2.75) is 44.1 Å². The van der Waals surface area contributed by atoms with Crippen molar-refractivity contribution >= 4 is 28.9 Å². The van der Waals surface area contributed by atoms with Gasteiger partial charge < -0.3 is 15.1 Å². The summed E-state index contributed by atoms with van der Waals surface area (Å²) in [7, 11) is 3.70. The highest BCUT2D eigenvalue weighted by Gasteiger charge is 2.30. The lowest BCUT2D eigenvalue weighted by Crippen LogP contribution is -2.35. The first-order valence-electron chi connectivity index (χ1n) is 11.2. The van der Waals surface area contributed by atoms with Crippen LogP contribution in [0.4, 0.5) is 15.8 Å². The van der Waals surface area contributed by atoms with E-state index in [1.54, 1.807) is 11.9 Å². The maximum Gasteiger partial charge on any atom is 0.229 e. The van der Waals surface area contributed by atoms with Crippen LogP contribution in [0.2, 0.25) is 5.02 Å². The lowest BCUT2D eigenvalue weighted by atomic mass is 9.78. The molecule has 1 N–H and O–H groups in total. The highest BCUT2D eigenvalue weighted by atomic mass is 35.5. The molecule has 1 saturated carbocycles. The maximum absolute atomic E-state index is 14.9. The zero-order valence-corrected chi connectivity index (χ0v) is 19.0. The molecule has 2 aromatic carbocycles. The van der Waals surface area contributed by atoms with Gasteiger partial charge in [0.2, 0.25) is 5.91 Å². The molecule has 6 heteroatoms. The number of hydrogen-bond acceptors (Lipinski definition) is 3. The number of halogens is 2. The standard InChI is InChI=1S/C25H31ClFN3O/c1-28-21-13-14-30(16-21)24-12-11-22(15-23(24)27)29(2)25(31)19-5-3-17(4-6-19)18-7-9-20(26)10-8-18/h7-12,15,17,19,21,28H,3-6,13-14,16H2,1-2H3. The van der Waals surface area contributed by atoms with Crippen molar-refractivity contribution in [1.29, 1.82) is 0 Å². The summed E-state index contributed by atoms with van der Waals surface area (Å²) >= 11 is 6.00. The topological polar surface area (TPSA) is 35.6 Å². The lowest BCUT2D eigenvalue weighted by Gasteiger charge is -2.31. The Labute approximate surface area is 189 Å². The Morgan fingerprint density at radius 1 is 1.10 bits per heavy atom. The summed E-state index contributed by atoms with van der Waals surface area (Å²) in [6, 6.07) is 13.6. The normalized spacial score (nSPS) is 23.7. The molecule has 0 bridgehead atoms. The molecule has 1 aliphatic heterocycles. The summed E-state index contributed by atoms with van der Waals surface area (Å²) < 4.78 is 14.9. The van der Waals surface area contributed by atoms with Crippen LogP contribution in [0.25, 0.3) is 0 Å². The molecule has 31 heavy (non-hydrogen) atoms. The number of likely N-dealkylation sites (N-methyl/N-ethyl adjacent to an activating group) is 1. The predicted octanol–water partition coefficient (Wildman–Crippen LogP) is 5.21. The zero-order valence-electron chi connectivity index (χ0n) is 18.3. The lowest BCUT2D eigenvalue weighted by molar-refractivity contribution is -0.123. The Morgan fingerprint density at radius 2 is 1.81 bits per heavy atom. The highest BCUT2D eigenvalue weighted by Crippen LogP contribution is 2.37. The Bertz CT molecular complexity index is 911. The number of amides is 1. The van der Waals surface area contributed by atoms with Gasteiger partial charge in [0.1, 0.15) is 5.82 Å². The van der Waals surface area contributed by atoms with Gasteiger partial charge in [0, 0.05) is 42.8 Å². The predicted molar refractivity (Wildman–Crippen MR) is 126 cm³/mol. The summed E-state index contributed by atoms with van der Waals surface area (Å²) in [4.78, 5) is 16.8. The van der Waals surface area contributed by atoms with Crippen LogP contribution in [0.15, 0.2) is 42.5 Å². The minimum Gasteiger partial charge on any atom is -0.368 e. The zero-order chi connectivity index (χ0) is 22.0. The fourth-order valence-electron chi connectivity index (χ4n) is 4.99. The first-order valence-corrected chi connectivity index (χ1v) is 11.6.